The molecule has 5 aromatic rings. The number of rotatable bonds is 2. The van der Waals surface area contributed by atoms with E-state index in [1.54, 1.807) is 0 Å². The first kappa shape index (κ1) is 23.3. The van der Waals surface area contributed by atoms with Gasteiger partial charge in [0.1, 0.15) is 18.2 Å². The van der Waals surface area contributed by atoms with Crippen LogP contribution in [0.2, 0.25) is 0 Å². The van der Waals surface area contributed by atoms with Crippen LogP contribution in [0.4, 0.5) is 0 Å². The Bertz CT molecular complexity index is 1680. The highest BCUT2D eigenvalue weighted by molar-refractivity contribution is 6.12. The average Bonchev–Trinajstić information content (AvgIpc) is 3.20. The normalized spacial score (nSPS) is 16.8. The standard InChI is InChI=1S/C34H38NO/c1-20(2)22-10-12-24-23(19-22)15-18-35(8)30(24)28-21(3)9-11-25-26-13-14-27-29(32(26)36-31(25)28)34(6,7)17-16-33(27,4)5/h9-15,18-20H,16-17H2,1-8H3/q+1. The number of aryl methyl sites for hydroxylation is 2. The first-order valence-corrected chi connectivity index (χ1v) is 13.4. The minimum atomic E-state index is 0.0881. The Kier molecular flexibility index (Phi) is 4.97. The Morgan fingerprint density at radius 1 is 0.806 bits per heavy atom. The van der Waals surface area contributed by atoms with Crippen LogP contribution in [0.25, 0.3) is 44.0 Å². The van der Waals surface area contributed by atoms with Gasteiger partial charge in [-0.05, 0) is 64.7 Å². The molecule has 0 saturated heterocycles. The van der Waals surface area contributed by atoms with Gasteiger partial charge in [-0.1, -0.05) is 77.9 Å². The first-order valence-electron chi connectivity index (χ1n) is 13.4. The first-order chi connectivity index (χ1) is 17.0. The molecule has 0 saturated carbocycles. The summed E-state index contributed by atoms with van der Waals surface area (Å²) in [4.78, 5) is 0. The highest BCUT2D eigenvalue weighted by Crippen LogP contribution is 2.50. The van der Waals surface area contributed by atoms with E-state index in [0.29, 0.717) is 5.92 Å². The van der Waals surface area contributed by atoms with E-state index in [2.05, 4.69) is 115 Å². The molecule has 0 spiro atoms. The third kappa shape index (κ3) is 3.26. The highest BCUT2D eigenvalue weighted by atomic mass is 16.3. The van der Waals surface area contributed by atoms with Crippen LogP contribution in [0.15, 0.2) is 59.1 Å². The summed E-state index contributed by atoms with van der Waals surface area (Å²) in [5.41, 5.74) is 10.2. The molecule has 2 heterocycles. The highest BCUT2D eigenvalue weighted by Gasteiger charge is 2.39. The van der Waals surface area contributed by atoms with Crippen molar-refractivity contribution < 1.29 is 8.98 Å². The van der Waals surface area contributed by atoms with Crippen LogP contribution in [0.3, 0.4) is 0 Å². The molecular formula is C34H38NO+. The number of hydrogen-bond acceptors (Lipinski definition) is 1. The van der Waals surface area contributed by atoms with Crippen molar-refractivity contribution in [3.63, 3.8) is 0 Å². The van der Waals surface area contributed by atoms with Crippen LogP contribution >= 0.6 is 0 Å². The Balaban J connectivity index is 1.72. The van der Waals surface area contributed by atoms with Crippen molar-refractivity contribution in [1.29, 1.82) is 0 Å². The molecule has 1 aliphatic carbocycles. The second-order valence-corrected chi connectivity index (χ2v) is 12.6. The lowest BCUT2D eigenvalue weighted by molar-refractivity contribution is -0.659. The average molecular weight is 477 g/mol. The third-order valence-electron chi connectivity index (χ3n) is 8.86. The summed E-state index contributed by atoms with van der Waals surface area (Å²) in [7, 11) is 2.15. The van der Waals surface area contributed by atoms with E-state index in [0.717, 1.165) is 11.2 Å². The van der Waals surface area contributed by atoms with Gasteiger partial charge in [-0.2, -0.15) is 0 Å². The zero-order valence-corrected chi connectivity index (χ0v) is 23.0. The van der Waals surface area contributed by atoms with E-state index in [1.807, 2.05) is 0 Å². The van der Waals surface area contributed by atoms with Gasteiger partial charge in [-0.15, -0.1) is 0 Å². The van der Waals surface area contributed by atoms with E-state index in [9.17, 15) is 0 Å². The zero-order valence-electron chi connectivity index (χ0n) is 23.0. The molecule has 0 aliphatic heterocycles. The van der Waals surface area contributed by atoms with Crippen molar-refractivity contribution >= 4 is 32.7 Å². The number of nitrogens with zero attached hydrogens (tertiary/aromatic N) is 1. The predicted octanol–water partition coefficient (Wildman–Crippen LogP) is 9.01. The molecule has 36 heavy (non-hydrogen) atoms. The minimum Gasteiger partial charge on any atom is -0.455 e. The quantitative estimate of drug-likeness (QED) is 0.232. The molecule has 0 fully saturated rings. The summed E-state index contributed by atoms with van der Waals surface area (Å²) >= 11 is 0. The maximum Gasteiger partial charge on any atom is 0.224 e. The molecular weight excluding hydrogens is 438 g/mol. The fourth-order valence-corrected chi connectivity index (χ4v) is 6.48. The molecule has 0 unspecified atom stereocenters. The third-order valence-corrected chi connectivity index (χ3v) is 8.86. The van der Waals surface area contributed by atoms with Gasteiger partial charge in [-0.25, -0.2) is 4.57 Å². The van der Waals surface area contributed by atoms with Crippen molar-refractivity contribution in [2.45, 2.75) is 78.1 Å². The van der Waals surface area contributed by atoms with Crippen molar-refractivity contribution in [2.24, 2.45) is 7.05 Å². The van der Waals surface area contributed by atoms with Crippen molar-refractivity contribution in [2.75, 3.05) is 0 Å². The fraction of sp³-hybridized carbons (Fsp3) is 0.382. The van der Waals surface area contributed by atoms with Gasteiger partial charge in [-0.3, -0.25) is 0 Å². The smallest absolute Gasteiger partial charge is 0.224 e. The topological polar surface area (TPSA) is 17.0 Å². The van der Waals surface area contributed by atoms with Gasteiger partial charge in [0.2, 0.25) is 5.69 Å². The van der Waals surface area contributed by atoms with Crippen LogP contribution in [0.1, 0.15) is 82.6 Å². The Morgan fingerprint density at radius 3 is 2.22 bits per heavy atom. The maximum absolute atomic E-state index is 7.00. The lowest BCUT2D eigenvalue weighted by Crippen LogP contribution is -2.33. The second kappa shape index (κ2) is 7.68. The SMILES string of the molecule is Cc1ccc2c(oc3c4c(ccc32)C(C)(C)CCC4(C)C)c1-c1c2ccc(C(C)C)cc2cc[n+]1C. The van der Waals surface area contributed by atoms with Crippen LogP contribution < -0.4 is 4.57 Å². The van der Waals surface area contributed by atoms with Gasteiger partial charge in [0.25, 0.3) is 0 Å². The second-order valence-electron chi connectivity index (χ2n) is 12.6. The van der Waals surface area contributed by atoms with Crippen molar-refractivity contribution in [3.05, 3.63) is 77.0 Å². The van der Waals surface area contributed by atoms with E-state index in [1.165, 1.54) is 67.9 Å². The lowest BCUT2D eigenvalue weighted by Gasteiger charge is -2.41. The molecule has 3 aromatic carbocycles. The Hall–Kier alpha value is -3.13. The van der Waals surface area contributed by atoms with E-state index in [4.69, 9.17) is 4.42 Å². The van der Waals surface area contributed by atoms with Gasteiger partial charge in [0.15, 0.2) is 6.20 Å². The summed E-state index contributed by atoms with van der Waals surface area (Å²) < 4.78 is 9.26. The predicted molar refractivity (Wildman–Crippen MR) is 152 cm³/mol. The van der Waals surface area contributed by atoms with Gasteiger partial charge >= 0.3 is 0 Å². The lowest BCUT2D eigenvalue weighted by atomic mass is 9.63. The molecule has 6 rings (SSSR count). The summed E-state index contributed by atoms with van der Waals surface area (Å²) in [5.74, 6) is 0.506. The molecule has 0 amide bonds. The maximum atomic E-state index is 7.00. The van der Waals surface area contributed by atoms with Gasteiger partial charge in [0, 0.05) is 22.4 Å². The van der Waals surface area contributed by atoms with Crippen molar-refractivity contribution in [1.82, 2.24) is 0 Å². The Labute approximate surface area is 214 Å². The molecule has 0 atom stereocenters. The summed E-state index contributed by atoms with van der Waals surface area (Å²) in [6.45, 7) is 16.3. The van der Waals surface area contributed by atoms with Crippen LogP contribution in [-0.4, -0.2) is 0 Å². The molecule has 0 N–H and O–H groups in total. The molecule has 184 valence electrons. The Morgan fingerprint density at radius 2 is 1.47 bits per heavy atom. The molecule has 1 aliphatic rings. The van der Waals surface area contributed by atoms with Crippen LogP contribution in [0.5, 0.6) is 0 Å². The largest absolute Gasteiger partial charge is 0.455 e. The van der Waals surface area contributed by atoms with E-state index < -0.39 is 0 Å². The summed E-state index contributed by atoms with van der Waals surface area (Å²) in [6.07, 6.45) is 4.56. The zero-order chi connectivity index (χ0) is 25.6. The van der Waals surface area contributed by atoms with Gasteiger partial charge < -0.3 is 4.42 Å². The summed E-state index contributed by atoms with van der Waals surface area (Å²) in [5, 5.41) is 5.00. The number of fused-ring (bicyclic) bond motifs is 6. The van der Waals surface area contributed by atoms with E-state index in [-0.39, 0.29) is 10.8 Å². The molecule has 2 aromatic heterocycles. The molecule has 2 heteroatoms. The fourth-order valence-electron chi connectivity index (χ4n) is 6.48. The van der Waals surface area contributed by atoms with Crippen LogP contribution in [-0.2, 0) is 17.9 Å². The molecule has 2 nitrogen and oxygen atoms in total. The minimum absolute atomic E-state index is 0.0881. The number of hydrogen-bond donors (Lipinski definition) is 0. The van der Waals surface area contributed by atoms with Crippen LogP contribution in [0, 0.1) is 6.92 Å². The van der Waals surface area contributed by atoms with Crippen molar-refractivity contribution in [3.8, 4) is 11.3 Å². The number of pyridine rings is 1. The summed E-state index contributed by atoms with van der Waals surface area (Å²) in [6, 6.07) is 18.4. The number of aromatic nitrogens is 1. The van der Waals surface area contributed by atoms with Gasteiger partial charge in [0.05, 0.1) is 10.9 Å². The van der Waals surface area contributed by atoms with E-state index >= 15 is 0 Å². The molecule has 0 radical (unpaired) electrons. The molecule has 0 bridgehead atoms. The monoisotopic (exact) mass is 476 g/mol. The number of furan rings is 1. The number of benzene rings is 3.